The molecule has 0 amide bonds. The third kappa shape index (κ3) is 34.2. The van der Waals surface area contributed by atoms with Crippen LogP contribution in [0.2, 0.25) is 0 Å². The maximum Gasteiger partial charge on any atom is 0.307 e. The van der Waals surface area contributed by atoms with E-state index in [4.69, 9.17) is 42.1 Å². The van der Waals surface area contributed by atoms with E-state index in [1.165, 1.54) is 110 Å². The summed E-state index contributed by atoms with van der Waals surface area (Å²) in [6.45, 7) is 49.9. The fourth-order valence-corrected chi connectivity index (χ4v) is 11.2. The summed E-state index contributed by atoms with van der Waals surface area (Å²) in [5.41, 5.74) is 24.3. The maximum atomic E-state index is 10.7. The van der Waals surface area contributed by atoms with Gasteiger partial charge < -0.3 is 34.3 Å². The summed E-state index contributed by atoms with van der Waals surface area (Å²) in [6.07, 6.45) is 20.0. The van der Waals surface area contributed by atoms with E-state index in [1.807, 2.05) is 67.6 Å². The van der Waals surface area contributed by atoms with Gasteiger partial charge in [-0.25, -0.2) is 0 Å². The molecular formula is C94H126AcO8S. The molecule has 10 heteroatoms. The SMILES string of the molecule is C#Cc1ccc(COC2(C)CC2)c(C(C)C)c1.C=C(C)OCc1ccc(C)cc1C(C)C.CC(C)c1cc(C#Cc2ccc(CC(=O)O)cc2)ccc1COC1(C)CC1.CS.Cc1ccc(CO)c(C(C)C)c1.Cc1ccc(CO)c(C(C)C)c1.Cc1ccc(COC2(C)CC2)c(C(C)C)c1.[3H]C#C.[Ac]. The first-order valence-electron chi connectivity index (χ1n) is 37.3. The number of aliphatic hydroxyl groups excluding tert-OH is 2. The number of hydrogen-bond acceptors (Lipinski definition) is 8. The van der Waals surface area contributed by atoms with Gasteiger partial charge in [-0.2, -0.15) is 12.6 Å². The van der Waals surface area contributed by atoms with Gasteiger partial charge in [-0.15, -0.1) is 19.2 Å². The van der Waals surface area contributed by atoms with Gasteiger partial charge in [0, 0.05) is 60.8 Å². The number of thiol groups is 1. The Morgan fingerprint density at radius 2 is 0.731 bits per heavy atom. The number of hydrogen-bond donors (Lipinski definition) is 4. The number of rotatable bonds is 22. The number of ether oxygens (including phenoxy) is 4. The van der Waals surface area contributed by atoms with Gasteiger partial charge in [0.2, 0.25) is 0 Å². The smallest absolute Gasteiger partial charge is 0.307 e. The van der Waals surface area contributed by atoms with Gasteiger partial charge in [0.15, 0.2) is 0 Å². The van der Waals surface area contributed by atoms with Gasteiger partial charge in [-0.05, 0) is 244 Å². The molecule has 10 rings (SSSR count). The fraction of sp³-hybridized carbons (Fsp3) is 0.457. The van der Waals surface area contributed by atoms with Crippen molar-refractivity contribution in [3.05, 3.63) is 257 Å². The van der Waals surface area contributed by atoms with E-state index in [0.717, 1.165) is 58.6 Å². The van der Waals surface area contributed by atoms with E-state index in [9.17, 15) is 4.79 Å². The molecule has 0 spiro atoms. The van der Waals surface area contributed by atoms with E-state index in [2.05, 4.69) is 248 Å². The molecule has 104 heavy (non-hydrogen) atoms. The molecule has 7 aromatic carbocycles. The molecule has 3 fully saturated rings. The summed E-state index contributed by atoms with van der Waals surface area (Å²) < 4.78 is 29.1. The molecule has 3 aliphatic rings. The van der Waals surface area contributed by atoms with Gasteiger partial charge in [-0.3, -0.25) is 4.79 Å². The Labute approximate surface area is 673 Å². The van der Waals surface area contributed by atoms with Crippen LogP contribution in [0.1, 0.15) is 297 Å². The van der Waals surface area contributed by atoms with Gasteiger partial charge in [-0.1, -0.05) is 227 Å². The van der Waals surface area contributed by atoms with E-state index < -0.39 is 5.97 Å². The van der Waals surface area contributed by atoms with Crippen LogP contribution in [0.5, 0.6) is 0 Å². The second-order valence-electron chi connectivity index (χ2n) is 30.2. The molecule has 7 aromatic rings. The Hall–Kier alpha value is -6.18. The van der Waals surface area contributed by atoms with E-state index in [-0.39, 0.29) is 80.5 Å². The largest absolute Gasteiger partial charge is 0.494 e. The number of carboxylic acids is 1. The normalized spacial score (nSPS) is 13.4. The van der Waals surface area contributed by atoms with Crippen molar-refractivity contribution in [3.63, 3.8) is 0 Å². The average Bonchev–Trinajstić information content (AvgIpc) is 1.71. The van der Waals surface area contributed by atoms with Crippen LogP contribution >= 0.6 is 12.6 Å². The van der Waals surface area contributed by atoms with Crippen LogP contribution in [0.15, 0.2) is 146 Å². The molecule has 3 saturated carbocycles. The predicted octanol–water partition coefficient (Wildman–Crippen LogP) is 23.1. The third-order valence-electron chi connectivity index (χ3n) is 18.5. The molecule has 1 radical (unpaired) electrons. The summed E-state index contributed by atoms with van der Waals surface area (Å²) >= 11 is 3.53. The fourth-order valence-electron chi connectivity index (χ4n) is 11.2. The number of carbonyl (C=O) groups is 1. The molecule has 0 aliphatic heterocycles. The summed E-state index contributed by atoms with van der Waals surface area (Å²) in [5, 5.41) is 26.9. The van der Waals surface area contributed by atoms with Crippen molar-refractivity contribution in [2.45, 2.75) is 275 Å². The summed E-state index contributed by atoms with van der Waals surface area (Å²) in [7, 11) is 0. The molecule has 3 N–H and O–H groups in total. The van der Waals surface area contributed by atoms with Crippen molar-refractivity contribution in [1.29, 1.82) is 0 Å². The van der Waals surface area contributed by atoms with Crippen LogP contribution in [-0.4, -0.2) is 44.3 Å². The number of benzene rings is 7. The second-order valence-corrected chi connectivity index (χ2v) is 30.2. The maximum absolute atomic E-state index is 10.7. The monoisotopic (exact) mass is 1640 g/mol. The van der Waals surface area contributed by atoms with E-state index in [0.29, 0.717) is 55.3 Å². The number of aliphatic carboxylic acids is 1. The minimum Gasteiger partial charge on any atom is -0.494 e. The predicted molar refractivity (Wildman–Crippen MR) is 437 cm³/mol. The van der Waals surface area contributed by atoms with Crippen molar-refractivity contribution < 1.29 is 84.5 Å². The Balaban J connectivity index is 0.000000432. The van der Waals surface area contributed by atoms with Gasteiger partial charge >= 0.3 is 5.97 Å². The zero-order chi connectivity index (χ0) is 78.1. The van der Waals surface area contributed by atoms with Crippen LogP contribution in [0, 0.1) is 109 Å². The quantitative estimate of drug-likeness (QED) is 0.0301. The second kappa shape index (κ2) is 46.8. The summed E-state index contributed by atoms with van der Waals surface area (Å²) in [6, 6.07) is 45.5. The van der Waals surface area contributed by atoms with Crippen molar-refractivity contribution in [2.24, 2.45) is 0 Å². The molecule has 0 unspecified atom stereocenters. The molecule has 0 aromatic heterocycles. The zero-order valence-corrected chi connectivity index (χ0v) is 72.8. The number of aliphatic hydroxyl groups is 2. The molecule has 559 valence electrons. The van der Waals surface area contributed by atoms with Crippen LogP contribution in [0.4, 0.5) is 0 Å². The van der Waals surface area contributed by atoms with Gasteiger partial charge in [0.1, 0.15) is 7.98 Å². The molecule has 3 aliphatic carbocycles. The molecule has 0 saturated heterocycles. The molecule has 8 nitrogen and oxygen atoms in total. The third-order valence-corrected chi connectivity index (χ3v) is 18.5. The van der Waals surface area contributed by atoms with Gasteiger partial charge in [0.05, 0.1) is 62.0 Å². The van der Waals surface area contributed by atoms with E-state index >= 15 is 0 Å². The van der Waals surface area contributed by atoms with Gasteiger partial charge in [0.25, 0.3) is 0 Å². The molecule has 0 heterocycles. The summed E-state index contributed by atoms with van der Waals surface area (Å²) in [5.74, 6) is 12.0. The van der Waals surface area contributed by atoms with Crippen LogP contribution in [-0.2, 0) is 69.8 Å². The van der Waals surface area contributed by atoms with Crippen molar-refractivity contribution >= 4 is 18.6 Å². The molecule has 0 bridgehead atoms. The van der Waals surface area contributed by atoms with Crippen LogP contribution in [0.3, 0.4) is 0 Å². The standard InChI is InChI=1S/C24H26O3.C16H20O.C15H22O.C14H20O.2C11H16O.C2H2.CH4S.Ac/c1-17(2)22-14-19(10-11-21(22)16-27-24(3)12-13-24)7-4-18-5-8-20(9-6-18)15-23(25)26;1-5-13-6-7-14(15(10-13)12(2)3)11-17-16(4)8-9-16;1-11(2)14-9-12(3)5-6-13(14)10-16-15(4)7-8-15;1-10(2)14-8-12(5)6-7-13(14)9-15-11(3)4;2*1-8(2)11-6-9(3)4-5-10(11)7-12;2*1-2;/h5-6,8-11,14,17H,12-13,15-16H2,1-3H3,(H,25,26);1,6-7,10,12H,8-9,11H2,2-4H3;5-6,9,11H,7-8,10H2,1-4H3;6-8,10H,3,9H2,1-2,4-5H3;2*4-6,8,12H,7H2,1-3H3;1-2H;2H,1H3;/i;;;;;;1T;;. The minimum absolute atomic E-state index is 0. The zero-order valence-electron chi connectivity index (χ0n) is 68.1. The first-order chi connectivity index (χ1) is 49.1. The number of terminal acetylenes is 2. The van der Waals surface area contributed by atoms with Crippen LogP contribution in [0.25, 0.3) is 0 Å². The summed E-state index contributed by atoms with van der Waals surface area (Å²) in [4.78, 5) is 10.7. The minimum atomic E-state index is -0.824. The first kappa shape index (κ1) is 92.0. The Morgan fingerprint density at radius 1 is 0.471 bits per heavy atom. The van der Waals surface area contributed by atoms with Crippen LogP contribution < -0.4 is 0 Å². The Morgan fingerprint density at radius 3 is 1.02 bits per heavy atom. The Kier molecular flexibility index (Phi) is 41.4. The number of aryl methyl sites for hydroxylation is 4. The Bertz CT molecular complexity index is 3900. The topological polar surface area (TPSA) is 115 Å². The van der Waals surface area contributed by atoms with E-state index in [1.54, 1.807) is 6.26 Å². The number of allylic oxidation sites excluding steroid dienone is 1. The van der Waals surface area contributed by atoms with Crippen molar-refractivity contribution in [1.82, 2.24) is 0 Å². The average molecular weight is 1650 g/mol. The van der Waals surface area contributed by atoms with Crippen molar-refractivity contribution in [2.75, 3.05) is 6.26 Å². The molecular weight excluding hydrogens is 1520 g/mol. The van der Waals surface area contributed by atoms with Crippen molar-refractivity contribution in [3.8, 4) is 37.0 Å². The number of carboxylic acid groups (broad SMARTS) is 1. The first-order valence-corrected chi connectivity index (χ1v) is 37.7. The molecule has 0 atom stereocenters.